The summed E-state index contributed by atoms with van der Waals surface area (Å²) in [6.45, 7) is 10.6. The molecule has 0 unspecified atom stereocenters. The first-order chi connectivity index (χ1) is 9.77. The highest BCUT2D eigenvalue weighted by Crippen LogP contribution is 2.21. The molecule has 1 aromatic heterocycles. The SMILES string of the molecule is Cc1nn(C)cc1CNC1CCN(C(=O)C(C)(C)C)CC1. The van der Waals surface area contributed by atoms with Gasteiger partial charge in [-0.25, -0.2) is 0 Å². The van der Waals surface area contributed by atoms with E-state index in [0.29, 0.717) is 6.04 Å². The molecule has 1 amide bonds. The number of hydrogen-bond acceptors (Lipinski definition) is 3. The lowest BCUT2D eigenvalue weighted by Gasteiger charge is -2.36. The fraction of sp³-hybridized carbons (Fsp3) is 0.750. The summed E-state index contributed by atoms with van der Waals surface area (Å²) in [7, 11) is 1.95. The van der Waals surface area contributed by atoms with Crippen molar-refractivity contribution in [3.63, 3.8) is 0 Å². The molecule has 0 atom stereocenters. The fourth-order valence-corrected chi connectivity index (χ4v) is 2.84. The van der Waals surface area contributed by atoms with Crippen LogP contribution >= 0.6 is 0 Å². The summed E-state index contributed by atoms with van der Waals surface area (Å²) in [6, 6.07) is 0.494. The van der Waals surface area contributed by atoms with Crippen molar-refractivity contribution in [3.8, 4) is 0 Å². The van der Waals surface area contributed by atoms with Crippen molar-refractivity contribution >= 4 is 5.91 Å². The minimum atomic E-state index is -0.271. The van der Waals surface area contributed by atoms with Gasteiger partial charge in [-0.05, 0) is 19.8 Å². The maximum absolute atomic E-state index is 12.2. The van der Waals surface area contributed by atoms with Gasteiger partial charge in [0, 0.05) is 49.9 Å². The third-order valence-electron chi connectivity index (χ3n) is 4.12. The average molecular weight is 292 g/mol. The zero-order valence-electron chi connectivity index (χ0n) is 13.9. The summed E-state index contributed by atoms with van der Waals surface area (Å²) >= 11 is 0. The minimum absolute atomic E-state index is 0.268. The first-order valence-corrected chi connectivity index (χ1v) is 7.79. The van der Waals surface area contributed by atoms with Crippen LogP contribution in [0.2, 0.25) is 0 Å². The van der Waals surface area contributed by atoms with Crippen molar-refractivity contribution in [2.75, 3.05) is 13.1 Å². The second-order valence-electron chi connectivity index (χ2n) is 7.11. The van der Waals surface area contributed by atoms with Crippen LogP contribution in [0.5, 0.6) is 0 Å². The number of rotatable bonds is 3. The van der Waals surface area contributed by atoms with Gasteiger partial charge < -0.3 is 10.2 Å². The van der Waals surface area contributed by atoms with Gasteiger partial charge in [-0.15, -0.1) is 0 Å². The molecular formula is C16H28N4O. The maximum Gasteiger partial charge on any atom is 0.227 e. The molecule has 21 heavy (non-hydrogen) atoms. The third-order valence-corrected chi connectivity index (χ3v) is 4.12. The Bertz CT molecular complexity index is 493. The number of hydrogen-bond donors (Lipinski definition) is 1. The van der Waals surface area contributed by atoms with Crippen LogP contribution in [0, 0.1) is 12.3 Å². The fourth-order valence-electron chi connectivity index (χ4n) is 2.84. The zero-order valence-corrected chi connectivity index (χ0v) is 13.9. The smallest absolute Gasteiger partial charge is 0.227 e. The van der Waals surface area contributed by atoms with E-state index in [0.717, 1.165) is 38.2 Å². The predicted octanol–water partition coefficient (Wildman–Crippen LogP) is 1.86. The molecule has 1 N–H and O–H groups in total. The minimum Gasteiger partial charge on any atom is -0.342 e. The van der Waals surface area contributed by atoms with Crippen molar-refractivity contribution in [2.45, 2.75) is 53.1 Å². The van der Waals surface area contributed by atoms with Crippen LogP contribution < -0.4 is 5.32 Å². The molecule has 2 heterocycles. The van der Waals surface area contributed by atoms with E-state index in [-0.39, 0.29) is 11.3 Å². The van der Waals surface area contributed by atoms with E-state index in [1.165, 1.54) is 5.56 Å². The quantitative estimate of drug-likeness (QED) is 0.925. The molecule has 0 saturated carbocycles. The molecule has 0 aliphatic carbocycles. The largest absolute Gasteiger partial charge is 0.342 e. The Balaban J connectivity index is 1.79. The molecule has 1 fully saturated rings. The summed E-state index contributed by atoms with van der Waals surface area (Å²) in [5, 5.41) is 7.96. The van der Waals surface area contributed by atoms with E-state index < -0.39 is 0 Å². The molecule has 5 nitrogen and oxygen atoms in total. The molecule has 0 aromatic carbocycles. The van der Waals surface area contributed by atoms with Gasteiger partial charge in [-0.1, -0.05) is 20.8 Å². The van der Waals surface area contributed by atoms with Crippen molar-refractivity contribution in [1.29, 1.82) is 0 Å². The van der Waals surface area contributed by atoms with Crippen molar-refractivity contribution < 1.29 is 4.79 Å². The molecule has 0 spiro atoms. The number of aromatic nitrogens is 2. The van der Waals surface area contributed by atoms with Crippen LogP contribution in [-0.2, 0) is 18.4 Å². The Morgan fingerprint density at radius 1 is 1.38 bits per heavy atom. The monoisotopic (exact) mass is 292 g/mol. The number of piperidine rings is 1. The van der Waals surface area contributed by atoms with Crippen LogP contribution in [0.15, 0.2) is 6.20 Å². The van der Waals surface area contributed by atoms with Gasteiger partial charge in [-0.2, -0.15) is 5.10 Å². The van der Waals surface area contributed by atoms with Crippen LogP contribution in [-0.4, -0.2) is 39.7 Å². The highest BCUT2D eigenvalue weighted by atomic mass is 16.2. The molecule has 0 radical (unpaired) electrons. The Kier molecular flexibility index (Phi) is 4.71. The second-order valence-corrected chi connectivity index (χ2v) is 7.11. The highest BCUT2D eigenvalue weighted by molar-refractivity contribution is 5.81. The van der Waals surface area contributed by atoms with E-state index in [4.69, 9.17) is 0 Å². The maximum atomic E-state index is 12.2. The van der Waals surface area contributed by atoms with E-state index in [9.17, 15) is 4.79 Å². The number of aryl methyl sites for hydroxylation is 2. The normalized spacial score (nSPS) is 17.3. The van der Waals surface area contributed by atoms with Crippen LogP contribution in [0.1, 0.15) is 44.9 Å². The summed E-state index contributed by atoms with van der Waals surface area (Å²) in [6.07, 6.45) is 4.13. The van der Waals surface area contributed by atoms with E-state index >= 15 is 0 Å². The lowest BCUT2D eigenvalue weighted by molar-refractivity contribution is -0.140. The van der Waals surface area contributed by atoms with Crippen LogP contribution in [0.25, 0.3) is 0 Å². The molecular weight excluding hydrogens is 264 g/mol. The Morgan fingerprint density at radius 2 is 2.00 bits per heavy atom. The molecule has 118 valence electrons. The summed E-state index contributed by atoms with van der Waals surface area (Å²) < 4.78 is 1.86. The second kappa shape index (κ2) is 6.18. The van der Waals surface area contributed by atoms with Crippen molar-refractivity contribution in [2.24, 2.45) is 12.5 Å². The number of nitrogens with one attached hydrogen (secondary N) is 1. The van der Waals surface area contributed by atoms with Gasteiger partial charge in [0.25, 0.3) is 0 Å². The van der Waals surface area contributed by atoms with Gasteiger partial charge in [0.05, 0.1) is 5.69 Å². The molecule has 1 aliphatic heterocycles. The molecule has 0 bridgehead atoms. The van der Waals surface area contributed by atoms with Gasteiger partial charge in [0.1, 0.15) is 0 Å². The van der Waals surface area contributed by atoms with Gasteiger partial charge in [-0.3, -0.25) is 9.48 Å². The summed E-state index contributed by atoms with van der Waals surface area (Å²) in [5.41, 5.74) is 2.07. The highest BCUT2D eigenvalue weighted by Gasteiger charge is 2.30. The average Bonchev–Trinajstić information content (AvgIpc) is 2.73. The van der Waals surface area contributed by atoms with Crippen LogP contribution in [0.3, 0.4) is 0 Å². The third kappa shape index (κ3) is 4.06. The van der Waals surface area contributed by atoms with E-state index in [1.807, 2.05) is 44.3 Å². The van der Waals surface area contributed by atoms with E-state index in [2.05, 4.69) is 16.6 Å². The number of likely N-dealkylation sites (tertiary alicyclic amines) is 1. The molecule has 1 aromatic rings. The summed E-state index contributed by atoms with van der Waals surface area (Å²) in [4.78, 5) is 14.3. The lowest BCUT2D eigenvalue weighted by Crippen LogP contribution is -2.48. The molecule has 2 rings (SSSR count). The van der Waals surface area contributed by atoms with E-state index in [1.54, 1.807) is 0 Å². The molecule has 5 heteroatoms. The Morgan fingerprint density at radius 3 is 2.48 bits per heavy atom. The zero-order chi connectivity index (χ0) is 15.6. The number of amides is 1. The van der Waals surface area contributed by atoms with Gasteiger partial charge in [0.15, 0.2) is 0 Å². The van der Waals surface area contributed by atoms with Crippen molar-refractivity contribution in [1.82, 2.24) is 20.0 Å². The van der Waals surface area contributed by atoms with Crippen molar-refractivity contribution in [3.05, 3.63) is 17.5 Å². The lowest BCUT2D eigenvalue weighted by atomic mass is 9.93. The standard InChI is InChI=1S/C16H28N4O/c1-12-13(11-19(5)18-12)10-17-14-6-8-20(9-7-14)15(21)16(2,3)4/h11,14,17H,6-10H2,1-5H3. The Hall–Kier alpha value is -1.36. The van der Waals surface area contributed by atoms with Crippen LogP contribution in [0.4, 0.5) is 0 Å². The van der Waals surface area contributed by atoms with Gasteiger partial charge >= 0.3 is 0 Å². The molecule has 1 aliphatic rings. The summed E-state index contributed by atoms with van der Waals surface area (Å²) in [5.74, 6) is 0.268. The Labute approximate surface area is 127 Å². The predicted molar refractivity (Wildman–Crippen MR) is 83.8 cm³/mol. The molecule has 1 saturated heterocycles. The van der Waals surface area contributed by atoms with Gasteiger partial charge in [0.2, 0.25) is 5.91 Å². The number of nitrogens with zero attached hydrogens (tertiary/aromatic N) is 3. The first-order valence-electron chi connectivity index (χ1n) is 7.79. The topological polar surface area (TPSA) is 50.2 Å². The number of carbonyl (C=O) groups excluding carboxylic acids is 1. The first kappa shape index (κ1) is 16.0. The number of carbonyl (C=O) groups is 1.